The second kappa shape index (κ2) is 11.3. The number of hydrogen-bond donors (Lipinski definition) is 2. The van der Waals surface area contributed by atoms with E-state index in [4.69, 9.17) is 9.47 Å². The fourth-order valence-electron chi connectivity index (χ4n) is 3.89. The summed E-state index contributed by atoms with van der Waals surface area (Å²) in [6, 6.07) is 17.2. The first-order valence-electron chi connectivity index (χ1n) is 12.0. The predicted molar refractivity (Wildman–Crippen MR) is 143 cm³/mol. The molecular formula is C30H33NO6. The Hall–Kier alpha value is -4.13. The highest BCUT2D eigenvalue weighted by atomic mass is 16.6. The molecule has 0 radical (unpaired) electrons. The highest BCUT2D eigenvalue weighted by molar-refractivity contribution is 5.95. The number of aromatic hydroxyl groups is 1. The quantitative estimate of drug-likeness (QED) is 0.310. The molecule has 3 aromatic carbocycles. The first-order chi connectivity index (χ1) is 17.4. The lowest BCUT2D eigenvalue weighted by Crippen LogP contribution is -2.45. The van der Waals surface area contributed by atoms with E-state index in [-0.39, 0.29) is 18.0 Å². The summed E-state index contributed by atoms with van der Waals surface area (Å²) in [6.07, 6.45) is -0.635. The molecule has 7 heteroatoms. The molecule has 1 amide bonds. The average molecular weight is 504 g/mol. The van der Waals surface area contributed by atoms with Crippen molar-refractivity contribution in [3.05, 3.63) is 77.4 Å². The summed E-state index contributed by atoms with van der Waals surface area (Å²) < 4.78 is 10.2. The molecule has 1 unspecified atom stereocenters. The third kappa shape index (κ3) is 7.19. The number of carbonyl (C=O) groups is 3. The van der Waals surface area contributed by atoms with Crippen LogP contribution in [0.3, 0.4) is 0 Å². The largest absolute Gasteiger partial charge is 0.507 e. The minimum absolute atomic E-state index is 0.0565. The number of esters is 1. The van der Waals surface area contributed by atoms with E-state index >= 15 is 0 Å². The van der Waals surface area contributed by atoms with E-state index in [2.05, 4.69) is 5.32 Å². The number of alkyl carbamates (subject to hydrolysis) is 1. The highest BCUT2D eigenvalue weighted by Crippen LogP contribution is 2.40. The summed E-state index contributed by atoms with van der Waals surface area (Å²) in [5.41, 5.74) is 4.19. The molecule has 7 nitrogen and oxygen atoms in total. The Morgan fingerprint density at radius 1 is 0.919 bits per heavy atom. The van der Waals surface area contributed by atoms with Gasteiger partial charge >= 0.3 is 12.1 Å². The van der Waals surface area contributed by atoms with E-state index in [0.717, 1.165) is 11.1 Å². The summed E-state index contributed by atoms with van der Waals surface area (Å²) in [4.78, 5) is 36.7. The number of rotatable bonds is 7. The normalized spacial score (nSPS) is 11.9. The molecule has 0 fully saturated rings. The molecule has 0 aromatic heterocycles. The number of hydrogen-bond acceptors (Lipinski definition) is 6. The van der Waals surface area contributed by atoms with Gasteiger partial charge in [-0.15, -0.1) is 0 Å². The number of nitrogens with one attached hydrogen (secondary N) is 1. The number of phenolic OH excluding ortho intramolecular Hbond substituents is 1. The molecular weight excluding hydrogens is 470 g/mol. The van der Waals surface area contributed by atoms with Crippen molar-refractivity contribution < 1.29 is 29.0 Å². The van der Waals surface area contributed by atoms with Crippen molar-refractivity contribution in [2.75, 3.05) is 7.11 Å². The number of amides is 1. The topological polar surface area (TPSA) is 102 Å². The van der Waals surface area contributed by atoms with E-state index in [1.165, 1.54) is 14.0 Å². The molecule has 0 saturated carbocycles. The Morgan fingerprint density at radius 3 is 1.89 bits per heavy atom. The fraction of sp³-hybridized carbons (Fsp3) is 0.300. The summed E-state index contributed by atoms with van der Waals surface area (Å²) >= 11 is 0. The van der Waals surface area contributed by atoms with E-state index in [9.17, 15) is 19.5 Å². The smallest absolute Gasteiger partial charge is 0.408 e. The van der Waals surface area contributed by atoms with Crippen molar-refractivity contribution in [2.45, 2.75) is 52.7 Å². The molecule has 1 atom stereocenters. The molecule has 194 valence electrons. The van der Waals surface area contributed by atoms with Crippen LogP contribution in [0.4, 0.5) is 4.79 Å². The summed E-state index contributed by atoms with van der Waals surface area (Å²) in [6.45, 7) is 8.67. The summed E-state index contributed by atoms with van der Waals surface area (Å²) in [5.74, 6) is -0.611. The Labute approximate surface area is 217 Å². The maximum absolute atomic E-state index is 12.6. The van der Waals surface area contributed by atoms with Crippen LogP contribution in [0.15, 0.2) is 60.7 Å². The van der Waals surface area contributed by atoms with Crippen LogP contribution in [-0.2, 0) is 20.7 Å². The first-order valence-corrected chi connectivity index (χ1v) is 12.0. The van der Waals surface area contributed by atoms with E-state index in [1.54, 1.807) is 57.2 Å². The lowest BCUT2D eigenvalue weighted by Gasteiger charge is -2.23. The number of phenols is 1. The third-order valence-corrected chi connectivity index (χ3v) is 5.75. The monoisotopic (exact) mass is 503 g/mol. The number of ketones is 1. The molecule has 0 spiro atoms. The van der Waals surface area contributed by atoms with E-state index in [0.29, 0.717) is 27.8 Å². The predicted octanol–water partition coefficient (Wildman–Crippen LogP) is 5.85. The van der Waals surface area contributed by atoms with Gasteiger partial charge in [-0.05, 0) is 63.4 Å². The van der Waals surface area contributed by atoms with Gasteiger partial charge < -0.3 is 19.9 Å². The molecule has 3 rings (SSSR count). The van der Waals surface area contributed by atoms with Crippen molar-refractivity contribution in [3.8, 4) is 28.0 Å². The molecule has 3 aromatic rings. The Balaban J connectivity index is 2.08. The van der Waals surface area contributed by atoms with Crippen molar-refractivity contribution >= 4 is 17.8 Å². The SMILES string of the molecule is COC(=O)C(Cc1cc(-c2ccc(C)cc2)c(O)c(-c2ccc(C(C)=O)cc2)c1)NC(=O)OC(C)(C)C. The van der Waals surface area contributed by atoms with Gasteiger partial charge in [-0.2, -0.15) is 0 Å². The van der Waals surface area contributed by atoms with Gasteiger partial charge in [-0.25, -0.2) is 9.59 Å². The molecule has 37 heavy (non-hydrogen) atoms. The van der Waals surface area contributed by atoms with Crippen molar-refractivity contribution in [1.82, 2.24) is 5.32 Å². The first kappa shape index (κ1) is 27.5. The van der Waals surface area contributed by atoms with Crippen LogP contribution in [0.2, 0.25) is 0 Å². The van der Waals surface area contributed by atoms with Crippen LogP contribution < -0.4 is 5.32 Å². The van der Waals surface area contributed by atoms with Crippen molar-refractivity contribution in [1.29, 1.82) is 0 Å². The van der Waals surface area contributed by atoms with Gasteiger partial charge in [0.05, 0.1) is 7.11 Å². The number of ether oxygens (including phenoxy) is 2. The van der Waals surface area contributed by atoms with Crippen LogP contribution in [0, 0.1) is 6.92 Å². The van der Waals surface area contributed by atoms with Crippen molar-refractivity contribution in [2.24, 2.45) is 0 Å². The number of carbonyl (C=O) groups excluding carboxylic acids is 3. The van der Waals surface area contributed by atoms with Crippen LogP contribution >= 0.6 is 0 Å². The summed E-state index contributed by atoms with van der Waals surface area (Å²) in [7, 11) is 1.25. The summed E-state index contributed by atoms with van der Waals surface area (Å²) in [5, 5.41) is 13.9. The lowest BCUT2D eigenvalue weighted by atomic mass is 9.91. The minimum Gasteiger partial charge on any atom is -0.507 e. The lowest BCUT2D eigenvalue weighted by molar-refractivity contribution is -0.143. The zero-order valence-electron chi connectivity index (χ0n) is 22.0. The number of Topliss-reactive ketones (excluding diaryl/α,β-unsaturated/α-hetero) is 1. The molecule has 2 N–H and O–H groups in total. The van der Waals surface area contributed by atoms with Gasteiger partial charge in [-0.3, -0.25) is 4.79 Å². The van der Waals surface area contributed by atoms with Gasteiger partial charge in [0.1, 0.15) is 17.4 Å². The standard InChI is InChI=1S/C30H33NO6/c1-18-7-9-22(10-8-18)24-15-20(17-26(28(34)36-6)31-29(35)37-30(3,4)5)16-25(27(24)33)23-13-11-21(12-14-23)19(2)32/h7-16,26,33H,17H2,1-6H3,(H,31,35). The van der Waals surface area contributed by atoms with Crippen molar-refractivity contribution in [3.63, 3.8) is 0 Å². The zero-order chi connectivity index (χ0) is 27.3. The third-order valence-electron chi connectivity index (χ3n) is 5.75. The maximum Gasteiger partial charge on any atom is 0.408 e. The Morgan fingerprint density at radius 2 is 1.43 bits per heavy atom. The molecule has 0 heterocycles. The van der Waals surface area contributed by atoms with Gasteiger partial charge in [-0.1, -0.05) is 54.1 Å². The Kier molecular flexibility index (Phi) is 8.38. The fourth-order valence-corrected chi connectivity index (χ4v) is 3.89. The zero-order valence-corrected chi connectivity index (χ0v) is 22.0. The van der Waals surface area contributed by atoms with Gasteiger partial charge in [0.25, 0.3) is 0 Å². The number of methoxy groups -OCH3 is 1. The van der Waals surface area contributed by atoms with Gasteiger partial charge in [0.15, 0.2) is 5.78 Å². The maximum atomic E-state index is 12.6. The second-order valence-electron chi connectivity index (χ2n) is 9.97. The van der Waals surface area contributed by atoms with Crippen LogP contribution in [-0.4, -0.2) is 41.7 Å². The second-order valence-corrected chi connectivity index (χ2v) is 9.97. The van der Waals surface area contributed by atoms with Gasteiger partial charge in [0, 0.05) is 23.1 Å². The number of aryl methyl sites for hydroxylation is 1. The van der Waals surface area contributed by atoms with Crippen LogP contribution in [0.25, 0.3) is 22.3 Å². The van der Waals surface area contributed by atoms with E-state index in [1.807, 2.05) is 31.2 Å². The van der Waals surface area contributed by atoms with Crippen LogP contribution in [0.1, 0.15) is 49.2 Å². The number of benzene rings is 3. The molecule has 0 aliphatic carbocycles. The molecule has 0 aliphatic rings. The minimum atomic E-state index is -1.01. The highest BCUT2D eigenvalue weighted by Gasteiger charge is 2.26. The van der Waals surface area contributed by atoms with Gasteiger partial charge in [0.2, 0.25) is 0 Å². The van der Waals surface area contributed by atoms with Crippen LogP contribution in [0.5, 0.6) is 5.75 Å². The molecule has 0 saturated heterocycles. The molecule has 0 bridgehead atoms. The molecule has 0 aliphatic heterocycles. The average Bonchev–Trinajstić information content (AvgIpc) is 2.83. The Bertz CT molecular complexity index is 1290. The van der Waals surface area contributed by atoms with E-state index < -0.39 is 23.7 Å².